The van der Waals surface area contributed by atoms with Gasteiger partial charge in [0.05, 0.1) is 17.0 Å². The van der Waals surface area contributed by atoms with Gasteiger partial charge in [0.25, 0.3) is 0 Å². The molecule has 1 aliphatic carbocycles. The summed E-state index contributed by atoms with van der Waals surface area (Å²) in [7, 11) is -3.88. The highest BCUT2D eigenvalue weighted by Crippen LogP contribution is 2.28. The largest absolute Gasteiger partial charge is 0.352 e. The first-order valence-electron chi connectivity index (χ1n) is 14.0. The minimum absolute atomic E-state index is 0.0566. The fraction of sp³-hybridized carbons (Fsp3) is 0.375. The zero-order chi connectivity index (χ0) is 29.4. The summed E-state index contributed by atoms with van der Waals surface area (Å²) in [6.45, 7) is 1.63. The van der Waals surface area contributed by atoms with E-state index in [-0.39, 0.29) is 29.2 Å². The maximum Gasteiger partial charge on any atom is 0.244 e. The summed E-state index contributed by atoms with van der Waals surface area (Å²) in [6.07, 6.45) is 6.42. The molecule has 0 heterocycles. The van der Waals surface area contributed by atoms with Crippen molar-refractivity contribution in [3.63, 3.8) is 0 Å². The summed E-state index contributed by atoms with van der Waals surface area (Å²) in [6, 6.07) is 23.1. The second-order valence-electron chi connectivity index (χ2n) is 10.8. The Balaban J connectivity index is 1.73. The zero-order valence-electron chi connectivity index (χ0n) is 23.6. The predicted octanol–water partition coefficient (Wildman–Crippen LogP) is 5.50. The molecule has 9 heteroatoms. The Morgan fingerprint density at radius 2 is 1.59 bits per heavy atom. The number of aryl methyl sites for hydroxylation is 1. The van der Waals surface area contributed by atoms with E-state index < -0.39 is 28.5 Å². The molecule has 1 fully saturated rings. The summed E-state index contributed by atoms with van der Waals surface area (Å²) in [4.78, 5) is 29.7. The van der Waals surface area contributed by atoms with E-state index in [0.29, 0.717) is 6.42 Å². The van der Waals surface area contributed by atoms with Crippen molar-refractivity contribution in [2.45, 2.75) is 64.1 Å². The van der Waals surface area contributed by atoms with Crippen molar-refractivity contribution in [2.75, 3.05) is 17.1 Å². The van der Waals surface area contributed by atoms with Gasteiger partial charge in [-0.3, -0.25) is 13.9 Å². The van der Waals surface area contributed by atoms with Crippen LogP contribution in [0.15, 0.2) is 78.9 Å². The number of hydrogen-bond donors (Lipinski definition) is 1. The minimum atomic E-state index is -3.88. The monoisotopic (exact) mass is 595 g/mol. The second kappa shape index (κ2) is 14.0. The van der Waals surface area contributed by atoms with Crippen molar-refractivity contribution < 1.29 is 18.0 Å². The molecule has 3 aromatic carbocycles. The smallest absolute Gasteiger partial charge is 0.244 e. The number of carbonyl (C=O) groups excluding carboxylic acids is 2. The van der Waals surface area contributed by atoms with Crippen molar-refractivity contribution in [1.82, 2.24) is 10.2 Å². The SMILES string of the molecule is Cc1cccc(CN(C(=O)CN(c2ccccc2Cl)S(C)(=O)=O)[C@H](Cc2ccccc2)C(=O)NC2CCCCC2)c1. The molecule has 218 valence electrons. The number of nitrogens with zero attached hydrogens (tertiary/aromatic N) is 2. The Bertz CT molecular complexity index is 1440. The second-order valence-corrected chi connectivity index (χ2v) is 13.1. The fourth-order valence-electron chi connectivity index (χ4n) is 5.35. The van der Waals surface area contributed by atoms with Crippen LogP contribution in [0.1, 0.15) is 48.8 Å². The number of nitrogens with one attached hydrogen (secondary N) is 1. The van der Waals surface area contributed by atoms with Gasteiger partial charge in [-0.2, -0.15) is 0 Å². The number of hydrogen-bond acceptors (Lipinski definition) is 4. The lowest BCUT2D eigenvalue weighted by Gasteiger charge is -2.35. The molecule has 1 aliphatic rings. The van der Waals surface area contributed by atoms with E-state index in [1.807, 2.05) is 61.5 Å². The van der Waals surface area contributed by atoms with Gasteiger partial charge in [0.2, 0.25) is 21.8 Å². The highest BCUT2D eigenvalue weighted by atomic mass is 35.5. The Morgan fingerprint density at radius 1 is 0.927 bits per heavy atom. The van der Waals surface area contributed by atoms with E-state index in [1.54, 1.807) is 24.3 Å². The van der Waals surface area contributed by atoms with Crippen LogP contribution < -0.4 is 9.62 Å². The number of carbonyl (C=O) groups is 2. The van der Waals surface area contributed by atoms with Gasteiger partial charge in [-0.25, -0.2) is 8.42 Å². The number of rotatable bonds is 11. The van der Waals surface area contributed by atoms with Crippen LogP contribution in [-0.2, 0) is 32.6 Å². The van der Waals surface area contributed by atoms with Gasteiger partial charge in [0.15, 0.2) is 0 Å². The Labute approximate surface area is 248 Å². The van der Waals surface area contributed by atoms with Gasteiger partial charge in [-0.1, -0.05) is 103 Å². The van der Waals surface area contributed by atoms with E-state index in [1.165, 1.54) is 4.90 Å². The van der Waals surface area contributed by atoms with E-state index >= 15 is 0 Å². The average Bonchev–Trinajstić information content (AvgIpc) is 2.94. The van der Waals surface area contributed by atoms with E-state index in [4.69, 9.17) is 11.6 Å². The lowest BCUT2D eigenvalue weighted by molar-refractivity contribution is -0.140. The lowest BCUT2D eigenvalue weighted by atomic mass is 9.94. The summed E-state index contributed by atoms with van der Waals surface area (Å²) >= 11 is 6.37. The molecule has 1 atom stereocenters. The average molecular weight is 596 g/mol. The van der Waals surface area contributed by atoms with Crippen molar-refractivity contribution in [2.24, 2.45) is 0 Å². The van der Waals surface area contributed by atoms with Crippen LogP contribution in [0.5, 0.6) is 0 Å². The van der Waals surface area contributed by atoms with Gasteiger partial charge in [-0.15, -0.1) is 0 Å². The quantitative estimate of drug-likeness (QED) is 0.317. The normalized spacial score (nSPS) is 14.7. The standard InChI is InChI=1S/C32H38ClN3O4S/c1-24-12-11-15-26(20-24)22-35(31(37)23-36(41(2,39)40)29-19-10-9-18-28(29)33)30(21-25-13-5-3-6-14-25)32(38)34-27-16-7-4-8-17-27/h3,5-6,9-15,18-20,27,30H,4,7-8,16-17,21-23H2,1-2H3,(H,34,38)/t30-/m1/s1. The maximum atomic E-state index is 14.2. The van der Waals surface area contributed by atoms with Crippen LogP contribution in [0, 0.1) is 6.92 Å². The number of amides is 2. The first kappa shape index (κ1) is 30.6. The molecule has 0 spiro atoms. The molecule has 1 saturated carbocycles. The van der Waals surface area contributed by atoms with Crippen LogP contribution in [0.3, 0.4) is 0 Å². The van der Waals surface area contributed by atoms with Crippen LogP contribution >= 0.6 is 11.6 Å². The number of benzene rings is 3. The van der Waals surface area contributed by atoms with Crippen molar-refractivity contribution in [3.05, 3.63) is 101 Å². The lowest BCUT2D eigenvalue weighted by Crippen LogP contribution is -2.55. The van der Waals surface area contributed by atoms with Gasteiger partial charge < -0.3 is 10.2 Å². The van der Waals surface area contributed by atoms with Crippen molar-refractivity contribution in [3.8, 4) is 0 Å². The van der Waals surface area contributed by atoms with Crippen LogP contribution in [0.2, 0.25) is 5.02 Å². The summed E-state index contributed by atoms with van der Waals surface area (Å²) < 4.78 is 26.9. The molecule has 0 radical (unpaired) electrons. The van der Waals surface area contributed by atoms with Crippen LogP contribution in [-0.4, -0.2) is 50.0 Å². The van der Waals surface area contributed by atoms with E-state index in [0.717, 1.165) is 59.4 Å². The third-order valence-electron chi connectivity index (χ3n) is 7.46. The van der Waals surface area contributed by atoms with Crippen LogP contribution in [0.4, 0.5) is 5.69 Å². The zero-order valence-corrected chi connectivity index (χ0v) is 25.2. The van der Waals surface area contributed by atoms with Gasteiger partial charge in [0.1, 0.15) is 12.6 Å². The highest BCUT2D eigenvalue weighted by Gasteiger charge is 2.34. The van der Waals surface area contributed by atoms with Crippen molar-refractivity contribution >= 4 is 39.1 Å². The molecule has 0 aromatic heterocycles. The van der Waals surface area contributed by atoms with Gasteiger partial charge in [0, 0.05) is 19.0 Å². The van der Waals surface area contributed by atoms with Gasteiger partial charge >= 0.3 is 0 Å². The highest BCUT2D eigenvalue weighted by molar-refractivity contribution is 7.92. The van der Waals surface area contributed by atoms with Gasteiger partial charge in [-0.05, 0) is 43.0 Å². The molecule has 0 unspecified atom stereocenters. The number of para-hydroxylation sites is 1. The molecule has 41 heavy (non-hydrogen) atoms. The first-order chi connectivity index (χ1) is 19.6. The molecule has 3 aromatic rings. The third-order valence-corrected chi connectivity index (χ3v) is 8.90. The Hall–Kier alpha value is -3.36. The molecular formula is C32H38ClN3O4S. The number of sulfonamides is 1. The molecule has 7 nitrogen and oxygen atoms in total. The fourth-order valence-corrected chi connectivity index (χ4v) is 6.50. The van der Waals surface area contributed by atoms with E-state index in [2.05, 4.69) is 5.32 Å². The molecule has 0 bridgehead atoms. The maximum absolute atomic E-state index is 14.2. The topological polar surface area (TPSA) is 86.8 Å². The predicted molar refractivity (Wildman–Crippen MR) is 164 cm³/mol. The summed E-state index contributed by atoms with van der Waals surface area (Å²) in [5.74, 6) is -0.720. The Kier molecular flexibility index (Phi) is 10.5. The molecule has 4 rings (SSSR count). The molecule has 2 amide bonds. The number of halogens is 1. The minimum Gasteiger partial charge on any atom is -0.352 e. The van der Waals surface area contributed by atoms with Crippen LogP contribution in [0.25, 0.3) is 0 Å². The summed E-state index contributed by atoms with van der Waals surface area (Å²) in [5, 5.41) is 3.42. The van der Waals surface area contributed by atoms with E-state index in [9.17, 15) is 18.0 Å². The molecule has 0 aliphatic heterocycles. The molecule has 0 saturated heterocycles. The van der Waals surface area contributed by atoms with Crippen molar-refractivity contribution in [1.29, 1.82) is 0 Å². The summed E-state index contributed by atoms with van der Waals surface area (Å²) in [5.41, 5.74) is 3.00. The number of anilines is 1. The molecule has 1 N–H and O–H groups in total. The third kappa shape index (κ3) is 8.57. The first-order valence-corrected chi connectivity index (χ1v) is 16.3. The molecular weight excluding hydrogens is 558 g/mol. The Morgan fingerprint density at radius 3 is 2.24 bits per heavy atom.